The third kappa shape index (κ3) is 5.01. The van der Waals surface area contributed by atoms with Crippen LogP contribution >= 0.6 is 11.3 Å². The summed E-state index contributed by atoms with van der Waals surface area (Å²) in [5, 5.41) is 0.763. The van der Waals surface area contributed by atoms with Crippen LogP contribution in [0.1, 0.15) is 22.2 Å². The van der Waals surface area contributed by atoms with E-state index in [0.29, 0.717) is 21.9 Å². The summed E-state index contributed by atoms with van der Waals surface area (Å²) in [5.41, 5.74) is 0.946. The first-order valence-electron chi connectivity index (χ1n) is 10.9. The molecule has 9 heteroatoms. The number of thiophene rings is 1. The van der Waals surface area contributed by atoms with Gasteiger partial charge in [0, 0.05) is 30.4 Å². The Hall–Kier alpha value is -3.43. The number of ether oxygens (including phenoxy) is 1. The molecule has 6 nitrogen and oxygen atoms in total. The Morgan fingerprint density at radius 1 is 1.03 bits per heavy atom. The van der Waals surface area contributed by atoms with Gasteiger partial charge in [-0.15, -0.1) is 11.3 Å². The Kier molecular flexibility index (Phi) is 7.09. The molecule has 0 radical (unpaired) electrons. The third-order valence-corrected chi connectivity index (χ3v) is 8.67. The lowest BCUT2D eigenvalue weighted by Crippen LogP contribution is -2.30. The summed E-state index contributed by atoms with van der Waals surface area (Å²) in [7, 11) is -0.637. The molecule has 0 saturated heterocycles. The first-order valence-corrected chi connectivity index (χ1v) is 13.2. The monoisotopic (exact) mass is 512 g/mol. The quantitative estimate of drug-likeness (QED) is 0.311. The number of methoxy groups -OCH3 is 1. The number of hydrogen-bond acceptors (Lipinski definition) is 5. The minimum atomic E-state index is -3.79. The first kappa shape index (κ1) is 24.7. The Morgan fingerprint density at radius 3 is 2.40 bits per heavy atom. The zero-order valence-electron chi connectivity index (χ0n) is 19.6. The summed E-state index contributed by atoms with van der Waals surface area (Å²) in [6.07, 6.45) is 0. The van der Waals surface area contributed by atoms with Gasteiger partial charge < -0.3 is 9.64 Å². The topological polar surface area (TPSA) is 66.9 Å². The fraction of sp³-hybridized carbons (Fsp3) is 0.192. The lowest BCUT2D eigenvalue weighted by atomic mass is 10.2. The van der Waals surface area contributed by atoms with Gasteiger partial charge in [0.15, 0.2) is 0 Å². The summed E-state index contributed by atoms with van der Waals surface area (Å²) < 4.78 is 47.9. The van der Waals surface area contributed by atoms with Gasteiger partial charge >= 0.3 is 0 Å². The number of anilines is 1. The van der Waals surface area contributed by atoms with Crippen molar-refractivity contribution in [2.24, 2.45) is 0 Å². The Labute approximate surface area is 208 Å². The molecule has 0 aliphatic rings. The summed E-state index contributed by atoms with van der Waals surface area (Å²) in [6.45, 7) is 2.15. The second-order valence-corrected chi connectivity index (χ2v) is 10.9. The minimum absolute atomic E-state index is 0.148. The molecule has 35 heavy (non-hydrogen) atoms. The van der Waals surface area contributed by atoms with E-state index in [1.165, 1.54) is 45.9 Å². The normalized spacial score (nSPS) is 11.4. The summed E-state index contributed by atoms with van der Waals surface area (Å²) in [4.78, 5) is 15.1. The van der Waals surface area contributed by atoms with E-state index < -0.39 is 10.0 Å². The maximum atomic E-state index is 14.0. The Balaban J connectivity index is 1.60. The SMILES string of the molecule is CCN(c1ccc2sc(C(=O)N(C)Cc3ccccc3F)cc2c1)S(=O)(=O)c1ccc(OC)cc1. The highest BCUT2D eigenvalue weighted by atomic mass is 32.2. The van der Waals surface area contributed by atoms with Crippen molar-refractivity contribution in [2.45, 2.75) is 18.4 Å². The van der Waals surface area contributed by atoms with Crippen LogP contribution in [0.25, 0.3) is 10.1 Å². The van der Waals surface area contributed by atoms with E-state index in [1.54, 1.807) is 62.5 Å². The summed E-state index contributed by atoms with van der Waals surface area (Å²) >= 11 is 1.32. The Bertz CT molecular complexity index is 1470. The zero-order chi connectivity index (χ0) is 25.2. The maximum absolute atomic E-state index is 14.0. The largest absolute Gasteiger partial charge is 0.497 e. The van der Waals surface area contributed by atoms with Crippen molar-refractivity contribution in [1.29, 1.82) is 0 Å². The zero-order valence-corrected chi connectivity index (χ0v) is 21.2. The van der Waals surface area contributed by atoms with Crippen LogP contribution in [0, 0.1) is 5.82 Å². The molecule has 4 aromatic rings. The van der Waals surface area contributed by atoms with Crippen LogP contribution in [-0.2, 0) is 16.6 Å². The van der Waals surface area contributed by atoms with Crippen molar-refractivity contribution < 1.29 is 22.3 Å². The number of carbonyl (C=O) groups is 1. The number of benzene rings is 3. The van der Waals surface area contributed by atoms with Gasteiger partial charge in [-0.1, -0.05) is 18.2 Å². The number of carbonyl (C=O) groups excluding carboxylic acids is 1. The number of rotatable bonds is 8. The van der Waals surface area contributed by atoms with Crippen LogP contribution in [0.4, 0.5) is 10.1 Å². The van der Waals surface area contributed by atoms with Crippen molar-refractivity contribution in [3.05, 3.63) is 89.1 Å². The number of fused-ring (bicyclic) bond motifs is 1. The van der Waals surface area contributed by atoms with Crippen LogP contribution in [0.2, 0.25) is 0 Å². The molecule has 0 aliphatic carbocycles. The molecule has 0 saturated carbocycles. The second kappa shape index (κ2) is 10.1. The lowest BCUT2D eigenvalue weighted by Gasteiger charge is -2.23. The summed E-state index contributed by atoms with van der Waals surface area (Å²) in [6, 6.07) is 19.7. The van der Waals surface area contributed by atoms with Crippen LogP contribution < -0.4 is 9.04 Å². The number of hydrogen-bond donors (Lipinski definition) is 0. The van der Waals surface area contributed by atoms with Crippen molar-refractivity contribution in [1.82, 2.24) is 4.90 Å². The molecular weight excluding hydrogens is 487 g/mol. The highest BCUT2D eigenvalue weighted by Crippen LogP contribution is 2.32. The van der Waals surface area contributed by atoms with E-state index in [0.717, 1.165) is 10.1 Å². The average molecular weight is 513 g/mol. The van der Waals surface area contributed by atoms with Gasteiger partial charge in [0.1, 0.15) is 11.6 Å². The van der Waals surface area contributed by atoms with Crippen LogP contribution in [0.5, 0.6) is 5.75 Å². The molecule has 1 amide bonds. The fourth-order valence-electron chi connectivity index (χ4n) is 3.80. The molecular formula is C26H25FN2O4S2. The maximum Gasteiger partial charge on any atom is 0.264 e. The van der Waals surface area contributed by atoms with Crippen molar-refractivity contribution in [3.63, 3.8) is 0 Å². The highest BCUT2D eigenvalue weighted by Gasteiger charge is 2.24. The van der Waals surface area contributed by atoms with Crippen LogP contribution in [0.15, 0.2) is 77.7 Å². The van der Waals surface area contributed by atoms with Crippen molar-refractivity contribution >= 4 is 43.0 Å². The van der Waals surface area contributed by atoms with Gasteiger partial charge in [-0.2, -0.15) is 0 Å². The van der Waals surface area contributed by atoms with Gasteiger partial charge in [-0.25, -0.2) is 12.8 Å². The molecule has 4 rings (SSSR count). The summed E-state index contributed by atoms with van der Waals surface area (Å²) in [5.74, 6) is -0.0103. The molecule has 0 aliphatic heterocycles. The van der Waals surface area contributed by atoms with Gasteiger partial charge in [-0.05, 0) is 66.9 Å². The molecule has 182 valence electrons. The average Bonchev–Trinajstić information content (AvgIpc) is 3.29. The molecule has 0 bridgehead atoms. The third-order valence-electron chi connectivity index (χ3n) is 5.65. The van der Waals surface area contributed by atoms with Crippen LogP contribution in [0.3, 0.4) is 0 Å². The molecule has 0 N–H and O–H groups in total. The number of sulfonamides is 1. The van der Waals surface area contributed by atoms with Crippen molar-refractivity contribution in [2.75, 3.05) is 25.0 Å². The lowest BCUT2D eigenvalue weighted by molar-refractivity contribution is 0.0788. The predicted molar refractivity (Wildman–Crippen MR) is 137 cm³/mol. The number of nitrogens with zero attached hydrogens (tertiary/aromatic N) is 2. The van der Waals surface area contributed by atoms with Gasteiger partial charge in [-0.3, -0.25) is 9.10 Å². The van der Waals surface area contributed by atoms with Gasteiger partial charge in [0.25, 0.3) is 15.9 Å². The standard InChI is InChI=1S/C26H25FN2O4S2/c1-4-29(35(31,32)22-12-10-21(33-3)11-13-22)20-9-14-24-19(15-20)16-25(34-24)26(30)28(2)17-18-7-5-6-8-23(18)27/h5-16H,4,17H2,1-3H3. The molecule has 0 unspecified atom stereocenters. The van der Waals surface area contributed by atoms with E-state index in [2.05, 4.69) is 0 Å². The van der Waals surface area contributed by atoms with E-state index in [4.69, 9.17) is 4.74 Å². The second-order valence-electron chi connectivity index (χ2n) is 7.93. The first-order chi connectivity index (χ1) is 16.7. The van der Waals surface area contributed by atoms with Crippen molar-refractivity contribution in [3.8, 4) is 5.75 Å². The molecule has 0 fully saturated rings. The number of amides is 1. The van der Waals surface area contributed by atoms with Gasteiger partial charge in [0.2, 0.25) is 0 Å². The van der Waals surface area contributed by atoms with E-state index in [-0.39, 0.29) is 29.7 Å². The molecule has 1 heterocycles. The molecule has 1 aromatic heterocycles. The molecule has 3 aromatic carbocycles. The number of halogens is 1. The predicted octanol–water partition coefficient (Wildman–Crippen LogP) is 5.54. The van der Waals surface area contributed by atoms with Crippen LogP contribution in [-0.4, -0.2) is 39.9 Å². The molecule has 0 atom stereocenters. The van der Waals surface area contributed by atoms with E-state index in [1.807, 2.05) is 6.07 Å². The Morgan fingerprint density at radius 2 is 1.74 bits per heavy atom. The fourth-order valence-corrected chi connectivity index (χ4v) is 6.30. The van der Waals surface area contributed by atoms with E-state index in [9.17, 15) is 17.6 Å². The highest BCUT2D eigenvalue weighted by molar-refractivity contribution is 7.92. The van der Waals surface area contributed by atoms with Gasteiger partial charge in [0.05, 0.1) is 22.6 Å². The molecule has 0 spiro atoms. The van der Waals surface area contributed by atoms with E-state index >= 15 is 0 Å². The minimum Gasteiger partial charge on any atom is -0.497 e. The smallest absolute Gasteiger partial charge is 0.264 e.